The summed E-state index contributed by atoms with van der Waals surface area (Å²) in [6, 6.07) is 5.70. The molecule has 2 saturated carbocycles. The Hall–Kier alpha value is -2.76. The van der Waals surface area contributed by atoms with E-state index in [0.29, 0.717) is 23.1 Å². The number of amides is 3. The molecule has 1 aromatic rings. The summed E-state index contributed by atoms with van der Waals surface area (Å²) in [6.07, 6.45) is 5.36. The molecule has 144 valence electrons. The summed E-state index contributed by atoms with van der Waals surface area (Å²) in [6.45, 7) is 3.08. The van der Waals surface area contributed by atoms with Gasteiger partial charge >= 0.3 is 0 Å². The Kier molecular flexibility index (Phi) is 3.63. The average Bonchev–Trinajstić information content (AvgIpc) is 3.45. The van der Waals surface area contributed by atoms with Crippen LogP contribution in [0.15, 0.2) is 36.4 Å². The zero-order chi connectivity index (χ0) is 19.7. The first kappa shape index (κ1) is 17.3. The number of likely N-dealkylation sites (tertiary alicyclic amines) is 1. The van der Waals surface area contributed by atoms with E-state index < -0.39 is 11.9 Å². The number of rotatable bonds is 4. The monoisotopic (exact) mass is 378 g/mol. The van der Waals surface area contributed by atoms with Gasteiger partial charge in [0.2, 0.25) is 17.7 Å². The molecule has 1 aromatic carbocycles. The van der Waals surface area contributed by atoms with E-state index in [-0.39, 0.29) is 41.3 Å². The number of carbonyl (C=O) groups is 4. The normalized spacial score (nSPS) is 35.4. The summed E-state index contributed by atoms with van der Waals surface area (Å²) < 4.78 is 0. The van der Waals surface area contributed by atoms with Gasteiger partial charge in [-0.2, -0.15) is 0 Å². The van der Waals surface area contributed by atoms with Gasteiger partial charge in [0, 0.05) is 11.3 Å². The van der Waals surface area contributed by atoms with Crippen molar-refractivity contribution in [3.05, 3.63) is 42.0 Å². The summed E-state index contributed by atoms with van der Waals surface area (Å²) >= 11 is 0. The van der Waals surface area contributed by atoms with Crippen LogP contribution < -0.4 is 5.32 Å². The van der Waals surface area contributed by atoms with E-state index in [9.17, 15) is 19.2 Å². The Morgan fingerprint density at radius 1 is 1.00 bits per heavy atom. The molecule has 3 amide bonds. The fourth-order valence-electron chi connectivity index (χ4n) is 5.51. The molecule has 5 aliphatic rings. The van der Waals surface area contributed by atoms with E-state index in [4.69, 9.17) is 0 Å². The maximum atomic E-state index is 13.1. The molecule has 1 aliphatic heterocycles. The third-order valence-corrected chi connectivity index (χ3v) is 7.02. The van der Waals surface area contributed by atoms with Crippen molar-refractivity contribution in [2.75, 3.05) is 5.32 Å². The summed E-state index contributed by atoms with van der Waals surface area (Å²) in [5, 5.41) is 2.75. The number of nitrogens with one attached hydrogen (secondary N) is 1. The number of Topliss-reactive ketones (excluding diaryl/α,β-unsaturated/α-hetero) is 1. The van der Waals surface area contributed by atoms with E-state index in [2.05, 4.69) is 17.5 Å². The summed E-state index contributed by atoms with van der Waals surface area (Å²) in [7, 11) is 0. The van der Waals surface area contributed by atoms with E-state index in [1.165, 1.54) is 11.8 Å². The van der Waals surface area contributed by atoms with Crippen LogP contribution >= 0.6 is 0 Å². The summed E-state index contributed by atoms with van der Waals surface area (Å²) in [5.74, 6) is -0.0681. The second-order valence-corrected chi connectivity index (χ2v) is 8.50. The van der Waals surface area contributed by atoms with E-state index in [0.717, 1.165) is 6.42 Å². The molecule has 1 heterocycles. The second kappa shape index (κ2) is 5.87. The largest absolute Gasteiger partial charge is 0.324 e. The average molecular weight is 378 g/mol. The smallest absolute Gasteiger partial charge is 0.247 e. The predicted molar refractivity (Wildman–Crippen MR) is 101 cm³/mol. The number of nitrogens with zero attached hydrogens (tertiary/aromatic N) is 1. The molecule has 0 unspecified atom stereocenters. The van der Waals surface area contributed by atoms with Crippen LogP contribution in [0.1, 0.15) is 30.6 Å². The molecule has 1 saturated heterocycles. The number of benzene rings is 1. The summed E-state index contributed by atoms with van der Waals surface area (Å²) in [4.78, 5) is 51.4. The van der Waals surface area contributed by atoms with Crippen LogP contribution in [0.2, 0.25) is 0 Å². The van der Waals surface area contributed by atoms with Gasteiger partial charge in [0.25, 0.3) is 0 Å². The first-order chi connectivity index (χ1) is 13.4. The van der Waals surface area contributed by atoms with Gasteiger partial charge in [0.1, 0.15) is 6.04 Å². The van der Waals surface area contributed by atoms with E-state index in [1.807, 2.05) is 0 Å². The minimum Gasteiger partial charge on any atom is -0.324 e. The molecule has 0 spiro atoms. The molecule has 1 N–H and O–H groups in total. The second-order valence-electron chi connectivity index (χ2n) is 8.50. The van der Waals surface area contributed by atoms with Crippen molar-refractivity contribution in [3.8, 4) is 0 Å². The maximum absolute atomic E-state index is 13.1. The van der Waals surface area contributed by atoms with Gasteiger partial charge < -0.3 is 5.32 Å². The maximum Gasteiger partial charge on any atom is 0.247 e. The van der Waals surface area contributed by atoms with Crippen LogP contribution in [0.3, 0.4) is 0 Å². The van der Waals surface area contributed by atoms with Gasteiger partial charge in [-0.1, -0.05) is 12.2 Å². The third kappa shape index (κ3) is 2.33. The Bertz CT molecular complexity index is 898. The molecule has 6 nitrogen and oxygen atoms in total. The molecule has 7 atom stereocenters. The van der Waals surface area contributed by atoms with Crippen molar-refractivity contribution < 1.29 is 19.2 Å². The standard InChI is InChI=1S/C22H22N2O4/c1-10(20(26)23-13-5-3-12(4-6-13)11(2)25)24-21(27)18-14-7-8-15(17-9-16(14)17)19(18)22(24)28/h3-8,10,14-19H,9H2,1-2H3,(H,23,26)/t10-,14+,15+,16-,17+,18+,19-/m0/s1. The number of hydrogen-bond acceptors (Lipinski definition) is 4. The first-order valence-corrected chi connectivity index (χ1v) is 9.85. The highest BCUT2D eigenvalue weighted by Crippen LogP contribution is 2.65. The molecule has 4 aliphatic carbocycles. The fraction of sp³-hybridized carbons (Fsp3) is 0.455. The number of carbonyl (C=O) groups excluding carboxylic acids is 4. The van der Waals surface area contributed by atoms with Gasteiger partial charge in [-0.05, 0) is 68.2 Å². The SMILES string of the molecule is CC(=O)c1ccc(NC(=O)[C@H](C)N2C(=O)[C@@H]3[C@@H]4C=C[C@H]([C@H]5C[C@@H]45)[C@@H]3C2=O)cc1. The molecule has 0 aromatic heterocycles. The molecule has 28 heavy (non-hydrogen) atoms. The van der Waals surface area contributed by atoms with Gasteiger partial charge in [-0.25, -0.2) is 0 Å². The van der Waals surface area contributed by atoms with Crippen LogP contribution in [0.4, 0.5) is 5.69 Å². The van der Waals surface area contributed by atoms with Gasteiger partial charge in [0.05, 0.1) is 11.8 Å². The Morgan fingerprint density at radius 2 is 1.54 bits per heavy atom. The molecule has 6 heteroatoms. The first-order valence-electron chi connectivity index (χ1n) is 9.85. The number of hydrogen-bond donors (Lipinski definition) is 1. The highest BCUT2D eigenvalue weighted by Gasteiger charge is 2.67. The van der Waals surface area contributed by atoms with Crippen LogP contribution in [-0.2, 0) is 14.4 Å². The molecule has 3 fully saturated rings. The lowest BCUT2D eigenvalue weighted by Gasteiger charge is -2.37. The number of imide groups is 1. The molecule has 0 radical (unpaired) electrons. The van der Waals surface area contributed by atoms with Crippen molar-refractivity contribution in [1.29, 1.82) is 0 Å². The number of allylic oxidation sites excluding steroid dienone is 2. The molecule has 2 bridgehead atoms. The molecular weight excluding hydrogens is 356 g/mol. The predicted octanol–water partition coefficient (Wildman–Crippen LogP) is 2.27. The lowest BCUT2D eigenvalue weighted by Crippen LogP contribution is -2.46. The quantitative estimate of drug-likeness (QED) is 0.495. The topological polar surface area (TPSA) is 83.6 Å². The van der Waals surface area contributed by atoms with E-state index >= 15 is 0 Å². The van der Waals surface area contributed by atoms with E-state index in [1.54, 1.807) is 31.2 Å². The zero-order valence-electron chi connectivity index (χ0n) is 15.8. The fourth-order valence-corrected chi connectivity index (χ4v) is 5.51. The van der Waals surface area contributed by atoms with Crippen LogP contribution in [-0.4, -0.2) is 34.4 Å². The van der Waals surface area contributed by atoms with Crippen LogP contribution in [0.5, 0.6) is 0 Å². The van der Waals surface area contributed by atoms with Crippen molar-refractivity contribution in [2.45, 2.75) is 26.3 Å². The highest BCUT2D eigenvalue weighted by molar-refractivity contribution is 6.10. The van der Waals surface area contributed by atoms with Crippen LogP contribution in [0, 0.1) is 35.5 Å². The minimum absolute atomic E-state index is 0.0524. The van der Waals surface area contributed by atoms with Gasteiger partial charge in [-0.15, -0.1) is 0 Å². The highest BCUT2D eigenvalue weighted by atomic mass is 16.2. The Morgan fingerprint density at radius 3 is 2.04 bits per heavy atom. The van der Waals surface area contributed by atoms with Crippen LogP contribution in [0.25, 0.3) is 0 Å². The van der Waals surface area contributed by atoms with Crippen molar-refractivity contribution in [2.24, 2.45) is 35.5 Å². The summed E-state index contributed by atoms with van der Waals surface area (Å²) in [5.41, 5.74) is 1.09. The van der Waals surface area contributed by atoms with Crippen molar-refractivity contribution >= 4 is 29.2 Å². The zero-order valence-corrected chi connectivity index (χ0v) is 15.8. The minimum atomic E-state index is -0.867. The van der Waals surface area contributed by atoms with Crippen molar-refractivity contribution in [1.82, 2.24) is 4.90 Å². The number of anilines is 1. The Labute approximate surface area is 163 Å². The van der Waals surface area contributed by atoms with Crippen molar-refractivity contribution in [3.63, 3.8) is 0 Å². The lowest BCUT2D eigenvalue weighted by atomic mass is 9.63. The van der Waals surface area contributed by atoms with Gasteiger partial charge in [-0.3, -0.25) is 24.1 Å². The molecule has 6 rings (SSSR count). The third-order valence-electron chi connectivity index (χ3n) is 7.02. The lowest BCUT2D eigenvalue weighted by molar-refractivity contribution is -0.146. The van der Waals surface area contributed by atoms with Gasteiger partial charge in [0.15, 0.2) is 5.78 Å². The number of ketones is 1. The Balaban J connectivity index is 1.33. The molecular formula is C22H22N2O4.